The highest BCUT2D eigenvalue weighted by Crippen LogP contribution is 2.30. The third-order valence-corrected chi connectivity index (χ3v) is 4.22. The zero-order chi connectivity index (χ0) is 14.5. The smallest absolute Gasteiger partial charge is 0.0730 e. The van der Waals surface area contributed by atoms with Gasteiger partial charge in [0, 0.05) is 14.5 Å². The van der Waals surface area contributed by atoms with E-state index in [4.69, 9.17) is 23.2 Å². The maximum absolute atomic E-state index is 9.35. The Hall–Kier alpha value is -1.01. The van der Waals surface area contributed by atoms with Gasteiger partial charge in [-0.05, 0) is 48.2 Å². The van der Waals surface area contributed by atoms with Crippen LogP contribution in [0.2, 0.25) is 10.0 Å². The number of halogens is 3. The third-order valence-electron chi connectivity index (χ3n) is 3.13. The summed E-state index contributed by atoms with van der Waals surface area (Å²) in [4.78, 5) is 0. The molecule has 0 amide bonds. The minimum Gasteiger partial charge on any atom is -0.198 e. The number of nitrogens with zero attached hydrogens (tertiary/aromatic N) is 1. The van der Waals surface area contributed by atoms with Gasteiger partial charge in [0.25, 0.3) is 0 Å². The summed E-state index contributed by atoms with van der Waals surface area (Å²) in [6.07, 6.45) is 1.57. The molecule has 0 bridgehead atoms. The Balaban J connectivity index is 2.09. The van der Waals surface area contributed by atoms with E-state index in [0.717, 1.165) is 22.9 Å². The van der Waals surface area contributed by atoms with Gasteiger partial charge in [-0.3, -0.25) is 0 Å². The zero-order valence-corrected chi connectivity index (χ0v) is 13.7. The van der Waals surface area contributed by atoms with Crippen molar-refractivity contribution in [2.45, 2.75) is 18.8 Å². The van der Waals surface area contributed by atoms with Crippen LogP contribution in [-0.4, -0.2) is 0 Å². The topological polar surface area (TPSA) is 23.8 Å². The van der Waals surface area contributed by atoms with Crippen LogP contribution >= 0.6 is 39.1 Å². The van der Waals surface area contributed by atoms with Gasteiger partial charge in [-0.1, -0.05) is 57.3 Å². The highest BCUT2D eigenvalue weighted by Gasteiger charge is 2.14. The Bertz CT molecular complexity index is 632. The lowest BCUT2D eigenvalue weighted by molar-refractivity contribution is 0.746. The zero-order valence-electron chi connectivity index (χ0n) is 10.6. The average molecular weight is 369 g/mol. The van der Waals surface area contributed by atoms with Gasteiger partial charge < -0.3 is 0 Å². The van der Waals surface area contributed by atoms with Crippen LogP contribution in [0, 0.1) is 11.3 Å². The molecule has 0 saturated heterocycles. The first-order chi connectivity index (χ1) is 9.60. The van der Waals surface area contributed by atoms with E-state index >= 15 is 0 Å². The number of hydrogen-bond acceptors (Lipinski definition) is 1. The number of aryl methyl sites for hydroxylation is 1. The molecule has 1 atom stereocenters. The van der Waals surface area contributed by atoms with Gasteiger partial charge in [0.1, 0.15) is 0 Å². The van der Waals surface area contributed by atoms with Crippen LogP contribution in [0.25, 0.3) is 0 Å². The third kappa shape index (κ3) is 3.99. The first-order valence-corrected chi connectivity index (χ1v) is 7.74. The molecule has 0 fully saturated rings. The lowest BCUT2D eigenvalue weighted by Crippen LogP contribution is -1.99. The molecule has 0 radical (unpaired) electrons. The molecule has 0 aromatic heterocycles. The van der Waals surface area contributed by atoms with E-state index in [1.165, 1.54) is 5.56 Å². The molecule has 2 aromatic rings. The summed E-state index contributed by atoms with van der Waals surface area (Å²) in [5.74, 6) is -0.219. The van der Waals surface area contributed by atoms with Crippen LogP contribution in [0.15, 0.2) is 46.9 Å². The Labute approximate surface area is 137 Å². The maximum atomic E-state index is 9.35. The van der Waals surface area contributed by atoms with Gasteiger partial charge in [0.15, 0.2) is 0 Å². The van der Waals surface area contributed by atoms with Gasteiger partial charge in [-0.25, -0.2) is 0 Å². The molecule has 20 heavy (non-hydrogen) atoms. The molecule has 0 saturated carbocycles. The quantitative estimate of drug-likeness (QED) is 0.649. The Kier molecular flexibility index (Phi) is 5.48. The van der Waals surface area contributed by atoms with E-state index in [0.29, 0.717) is 10.0 Å². The van der Waals surface area contributed by atoms with E-state index in [2.05, 4.69) is 34.1 Å². The van der Waals surface area contributed by atoms with Crippen LogP contribution < -0.4 is 0 Å². The molecule has 102 valence electrons. The molecule has 0 unspecified atom stereocenters. The van der Waals surface area contributed by atoms with Crippen molar-refractivity contribution in [1.29, 1.82) is 5.26 Å². The van der Waals surface area contributed by atoms with Crippen LogP contribution in [0.3, 0.4) is 0 Å². The van der Waals surface area contributed by atoms with Crippen LogP contribution in [0.1, 0.15) is 23.5 Å². The highest BCUT2D eigenvalue weighted by atomic mass is 79.9. The maximum Gasteiger partial charge on any atom is 0.0730 e. The fourth-order valence-electron chi connectivity index (χ4n) is 2.04. The molecule has 4 heteroatoms. The normalized spacial score (nSPS) is 11.9. The van der Waals surface area contributed by atoms with Gasteiger partial charge >= 0.3 is 0 Å². The predicted molar refractivity (Wildman–Crippen MR) is 87.3 cm³/mol. The lowest BCUT2D eigenvalue weighted by Gasteiger charge is -2.11. The summed E-state index contributed by atoms with van der Waals surface area (Å²) in [6.45, 7) is 0. The van der Waals surface area contributed by atoms with Crippen molar-refractivity contribution in [3.63, 3.8) is 0 Å². The van der Waals surface area contributed by atoms with Crippen molar-refractivity contribution >= 4 is 39.1 Å². The van der Waals surface area contributed by atoms with Gasteiger partial charge in [0.05, 0.1) is 12.0 Å². The van der Waals surface area contributed by atoms with E-state index in [-0.39, 0.29) is 5.92 Å². The molecule has 0 aliphatic carbocycles. The van der Waals surface area contributed by atoms with Crippen molar-refractivity contribution in [2.24, 2.45) is 0 Å². The van der Waals surface area contributed by atoms with Crippen LogP contribution in [-0.2, 0) is 6.42 Å². The molecule has 0 heterocycles. The second-order valence-corrected chi connectivity index (χ2v) is 6.27. The van der Waals surface area contributed by atoms with E-state index in [1.54, 1.807) is 12.1 Å². The van der Waals surface area contributed by atoms with Crippen molar-refractivity contribution in [2.75, 3.05) is 0 Å². The van der Waals surface area contributed by atoms with E-state index < -0.39 is 0 Å². The largest absolute Gasteiger partial charge is 0.198 e. The van der Waals surface area contributed by atoms with Crippen molar-refractivity contribution < 1.29 is 0 Å². The number of benzene rings is 2. The Morgan fingerprint density at radius 1 is 1.10 bits per heavy atom. The first kappa shape index (κ1) is 15.4. The molecule has 0 aliphatic rings. The molecule has 0 aliphatic heterocycles. The summed E-state index contributed by atoms with van der Waals surface area (Å²) >= 11 is 15.5. The summed E-state index contributed by atoms with van der Waals surface area (Å²) in [7, 11) is 0. The standard InChI is InChI=1S/C16H12BrCl2N/c17-13-5-2-11(3-6-13)1-4-12(10-20)15-8-7-14(18)9-16(15)19/h2-3,5-9,12H,1,4H2/t12-/m0/s1. The van der Waals surface area contributed by atoms with Crippen molar-refractivity contribution in [3.8, 4) is 6.07 Å². The molecule has 1 nitrogen and oxygen atoms in total. The molecule has 2 aromatic carbocycles. The summed E-state index contributed by atoms with van der Waals surface area (Å²) in [6, 6.07) is 15.7. The van der Waals surface area contributed by atoms with E-state index in [9.17, 15) is 5.26 Å². The Morgan fingerprint density at radius 2 is 1.80 bits per heavy atom. The monoisotopic (exact) mass is 367 g/mol. The molecular formula is C16H12BrCl2N. The molecule has 0 N–H and O–H groups in total. The minimum absolute atomic E-state index is 0.219. The van der Waals surface area contributed by atoms with Crippen LogP contribution in [0.4, 0.5) is 0 Å². The van der Waals surface area contributed by atoms with Gasteiger partial charge in [-0.2, -0.15) is 5.26 Å². The summed E-state index contributed by atoms with van der Waals surface area (Å²) in [5, 5.41) is 10.5. The Morgan fingerprint density at radius 3 is 2.40 bits per heavy atom. The fraction of sp³-hybridized carbons (Fsp3) is 0.188. The van der Waals surface area contributed by atoms with Crippen molar-refractivity contribution in [3.05, 3.63) is 68.1 Å². The summed E-state index contributed by atoms with van der Waals surface area (Å²) in [5.41, 5.74) is 2.05. The number of hydrogen-bond donors (Lipinski definition) is 0. The molecule has 0 spiro atoms. The van der Waals surface area contributed by atoms with Crippen molar-refractivity contribution in [1.82, 2.24) is 0 Å². The van der Waals surface area contributed by atoms with E-state index in [1.807, 2.05) is 18.2 Å². The minimum atomic E-state index is -0.219. The number of rotatable bonds is 4. The van der Waals surface area contributed by atoms with Crippen LogP contribution in [0.5, 0.6) is 0 Å². The number of nitriles is 1. The second-order valence-electron chi connectivity index (χ2n) is 4.51. The first-order valence-electron chi connectivity index (χ1n) is 6.19. The predicted octanol–water partition coefficient (Wildman–Crippen LogP) is 6.00. The lowest BCUT2D eigenvalue weighted by atomic mass is 9.93. The summed E-state index contributed by atoms with van der Waals surface area (Å²) < 4.78 is 1.05. The average Bonchev–Trinajstić information content (AvgIpc) is 2.43. The highest BCUT2D eigenvalue weighted by molar-refractivity contribution is 9.10. The van der Waals surface area contributed by atoms with Gasteiger partial charge in [-0.15, -0.1) is 0 Å². The molecule has 2 rings (SSSR count). The van der Waals surface area contributed by atoms with Gasteiger partial charge in [0.2, 0.25) is 0 Å². The SMILES string of the molecule is N#C[C@H](CCc1ccc(Br)cc1)c1ccc(Cl)cc1Cl. The fourth-order valence-corrected chi connectivity index (χ4v) is 2.84. The second kappa shape index (κ2) is 7.13. The molecular weight excluding hydrogens is 357 g/mol.